The molecule has 9 heteroatoms. The first-order chi connectivity index (χ1) is 17.2. The number of benzene rings is 1. The smallest absolute Gasteiger partial charge is 0.256 e. The zero-order valence-electron chi connectivity index (χ0n) is 21.7. The number of likely N-dealkylation sites (N-methyl/N-ethyl adjacent to an activating group) is 1. The van der Waals surface area contributed by atoms with Gasteiger partial charge in [-0.2, -0.15) is 0 Å². The highest BCUT2D eigenvalue weighted by Gasteiger charge is 2.25. The topological polar surface area (TPSA) is 132 Å². The van der Waals surface area contributed by atoms with Gasteiger partial charge in [0.05, 0.1) is 11.1 Å². The van der Waals surface area contributed by atoms with Crippen LogP contribution < -0.4 is 21.7 Å². The number of fused-ring (bicyclic) bond motifs is 1. The number of H-pyrrole nitrogens is 1. The van der Waals surface area contributed by atoms with Gasteiger partial charge in [0.15, 0.2) is 0 Å². The fourth-order valence-corrected chi connectivity index (χ4v) is 4.40. The molecule has 194 valence electrons. The molecule has 0 fully saturated rings. The predicted molar refractivity (Wildman–Crippen MR) is 144 cm³/mol. The molecule has 2 heterocycles. The highest BCUT2D eigenvalue weighted by molar-refractivity contribution is 6.35. The molecule has 1 aromatic heterocycles. The van der Waals surface area contributed by atoms with Crippen molar-refractivity contribution in [2.24, 2.45) is 5.73 Å². The summed E-state index contributed by atoms with van der Waals surface area (Å²) in [5.74, 6) is -0.282. The van der Waals surface area contributed by atoms with Crippen LogP contribution in [0.3, 0.4) is 0 Å². The Morgan fingerprint density at radius 1 is 1.11 bits per heavy atom. The molecule has 0 radical (unpaired) electrons. The third-order valence-electron chi connectivity index (χ3n) is 6.47. The molecule has 2 aromatic rings. The third kappa shape index (κ3) is 6.61. The minimum Gasteiger partial charge on any atom is -0.358 e. The molecule has 0 bridgehead atoms. The molecule has 3 amide bonds. The van der Waals surface area contributed by atoms with Crippen LogP contribution in [0.15, 0.2) is 18.2 Å². The number of hydrogen-bond acceptors (Lipinski definition) is 5. The Labute approximate surface area is 212 Å². The van der Waals surface area contributed by atoms with Gasteiger partial charge in [0.25, 0.3) is 11.8 Å². The summed E-state index contributed by atoms with van der Waals surface area (Å²) in [5.41, 5.74) is 11.7. The van der Waals surface area contributed by atoms with Gasteiger partial charge in [-0.05, 0) is 64.1 Å². The highest BCUT2D eigenvalue weighted by Crippen LogP contribution is 2.34. The number of carbonyl (C=O) groups is 3. The van der Waals surface area contributed by atoms with Gasteiger partial charge in [-0.25, -0.2) is 0 Å². The van der Waals surface area contributed by atoms with Gasteiger partial charge in [0.2, 0.25) is 5.91 Å². The normalized spacial score (nSPS) is 13.7. The molecule has 0 saturated carbocycles. The summed E-state index contributed by atoms with van der Waals surface area (Å²) in [6.45, 7) is 11.6. The Hall–Kier alpha value is -3.43. The van der Waals surface area contributed by atoms with E-state index in [1.807, 2.05) is 45.0 Å². The van der Waals surface area contributed by atoms with Crippen molar-refractivity contribution >= 4 is 35.1 Å². The van der Waals surface area contributed by atoms with Gasteiger partial charge in [-0.15, -0.1) is 0 Å². The van der Waals surface area contributed by atoms with Crippen molar-refractivity contribution in [1.82, 2.24) is 20.5 Å². The van der Waals surface area contributed by atoms with Crippen molar-refractivity contribution in [2.75, 3.05) is 44.6 Å². The Balaban J connectivity index is 1.59. The molecular weight excluding hydrogens is 456 g/mol. The van der Waals surface area contributed by atoms with E-state index in [4.69, 9.17) is 5.73 Å². The first-order valence-electron chi connectivity index (χ1n) is 12.6. The lowest BCUT2D eigenvalue weighted by Gasteiger charge is -2.20. The summed E-state index contributed by atoms with van der Waals surface area (Å²) >= 11 is 0. The number of hydrogen-bond donors (Lipinski definition) is 5. The predicted octanol–water partition coefficient (Wildman–Crippen LogP) is 2.34. The Morgan fingerprint density at radius 2 is 1.83 bits per heavy atom. The van der Waals surface area contributed by atoms with Crippen molar-refractivity contribution in [3.8, 4) is 0 Å². The molecule has 0 unspecified atom stereocenters. The Morgan fingerprint density at radius 3 is 2.53 bits per heavy atom. The zero-order chi connectivity index (χ0) is 26.2. The average molecular weight is 495 g/mol. The summed E-state index contributed by atoms with van der Waals surface area (Å²) in [4.78, 5) is 42.8. The minimum atomic E-state index is -0.150. The van der Waals surface area contributed by atoms with E-state index in [-0.39, 0.29) is 17.7 Å². The summed E-state index contributed by atoms with van der Waals surface area (Å²) in [6.07, 6.45) is 2.95. The number of rotatable bonds is 12. The number of nitrogens with one attached hydrogen (secondary N) is 4. The van der Waals surface area contributed by atoms with Crippen LogP contribution in [0.5, 0.6) is 0 Å². The van der Waals surface area contributed by atoms with Crippen molar-refractivity contribution in [3.63, 3.8) is 0 Å². The quantitative estimate of drug-likeness (QED) is 0.289. The molecule has 6 N–H and O–H groups in total. The van der Waals surface area contributed by atoms with Gasteiger partial charge in [-0.1, -0.05) is 18.6 Å². The highest BCUT2D eigenvalue weighted by atomic mass is 16.2. The van der Waals surface area contributed by atoms with Gasteiger partial charge in [-0.3, -0.25) is 14.4 Å². The van der Waals surface area contributed by atoms with Crippen molar-refractivity contribution in [3.05, 3.63) is 51.8 Å². The molecule has 36 heavy (non-hydrogen) atoms. The summed E-state index contributed by atoms with van der Waals surface area (Å²) in [7, 11) is 0. The van der Waals surface area contributed by atoms with Crippen LogP contribution in [0.2, 0.25) is 0 Å². The van der Waals surface area contributed by atoms with E-state index in [1.165, 1.54) is 0 Å². The maximum atomic E-state index is 13.0. The molecule has 0 aliphatic carbocycles. The molecule has 0 atom stereocenters. The number of aromatic amines is 1. The zero-order valence-corrected chi connectivity index (χ0v) is 21.7. The lowest BCUT2D eigenvalue weighted by atomic mass is 10.0. The van der Waals surface area contributed by atoms with Crippen molar-refractivity contribution in [2.45, 2.75) is 40.5 Å². The second-order valence-electron chi connectivity index (χ2n) is 9.16. The van der Waals surface area contributed by atoms with Crippen LogP contribution in [0, 0.1) is 20.8 Å². The lowest BCUT2D eigenvalue weighted by molar-refractivity contribution is -0.121. The first kappa shape index (κ1) is 27.2. The largest absolute Gasteiger partial charge is 0.358 e. The van der Waals surface area contributed by atoms with Crippen LogP contribution in [0.1, 0.15) is 58.2 Å². The van der Waals surface area contributed by atoms with E-state index in [0.717, 1.165) is 40.3 Å². The summed E-state index contributed by atoms with van der Waals surface area (Å²) in [5, 5.41) is 8.81. The summed E-state index contributed by atoms with van der Waals surface area (Å²) in [6, 6.07) is 5.86. The van der Waals surface area contributed by atoms with Crippen molar-refractivity contribution in [1.29, 1.82) is 0 Å². The second-order valence-corrected chi connectivity index (χ2v) is 9.16. The monoisotopic (exact) mass is 494 g/mol. The van der Waals surface area contributed by atoms with E-state index in [2.05, 4.69) is 32.8 Å². The maximum absolute atomic E-state index is 13.0. The molecule has 1 aliphatic heterocycles. The van der Waals surface area contributed by atoms with E-state index >= 15 is 0 Å². The van der Waals surface area contributed by atoms with E-state index in [0.29, 0.717) is 56.7 Å². The fourth-order valence-electron chi connectivity index (χ4n) is 4.40. The van der Waals surface area contributed by atoms with Gasteiger partial charge >= 0.3 is 0 Å². The number of aryl methyl sites for hydroxylation is 2. The SMILES string of the molecule is CCN(CCNC(=O)CCCN)CCNC(=O)c1c(C)[nH]c(/C=C2\C(=O)Nc3ccc(C)cc32)c1C. The van der Waals surface area contributed by atoms with Crippen LogP contribution in [0.4, 0.5) is 5.69 Å². The summed E-state index contributed by atoms with van der Waals surface area (Å²) < 4.78 is 0. The minimum absolute atomic E-state index is 0.0164. The van der Waals surface area contributed by atoms with Gasteiger partial charge in [0, 0.05) is 55.2 Å². The number of anilines is 1. The van der Waals surface area contributed by atoms with Crippen LogP contribution in [-0.2, 0) is 9.59 Å². The molecule has 0 saturated heterocycles. The van der Waals surface area contributed by atoms with Crippen LogP contribution in [0.25, 0.3) is 11.6 Å². The Bertz CT molecular complexity index is 1150. The molecule has 1 aromatic carbocycles. The van der Waals surface area contributed by atoms with Gasteiger partial charge < -0.3 is 31.6 Å². The average Bonchev–Trinajstić information content (AvgIpc) is 3.30. The van der Waals surface area contributed by atoms with Crippen molar-refractivity contribution < 1.29 is 14.4 Å². The number of carbonyl (C=O) groups excluding carboxylic acids is 3. The molecule has 1 aliphatic rings. The van der Waals surface area contributed by atoms with E-state index in [9.17, 15) is 14.4 Å². The number of nitrogens with zero attached hydrogens (tertiary/aromatic N) is 1. The molecule has 9 nitrogen and oxygen atoms in total. The van der Waals surface area contributed by atoms with E-state index < -0.39 is 0 Å². The number of amides is 3. The first-order valence-corrected chi connectivity index (χ1v) is 12.6. The number of aromatic nitrogens is 1. The molecule has 3 rings (SSSR count). The van der Waals surface area contributed by atoms with Crippen LogP contribution >= 0.6 is 0 Å². The van der Waals surface area contributed by atoms with Gasteiger partial charge in [0.1, 0.15) is 0 Å². The Kier molecular flexibility index (Phi) is 9.44. The van der Waals surface area contributed by atoms with Crippen LogP contribution in [-0.4, -0.2) is 66.9 Å². The maximum Gasteiger partial charge on any atom is 0.256 e. The molecular formula is C27H38N6O3. The third-order valence-corrected chi connectivity index (χ3v) is 6.47. The molecule has 0 spiro atoms. The fraction of sp³-hybridized carbons (Fsp3) is 0.444. The second kappa shape index (κ2) is 12.5. The lowest BCUT2D eigenvalue weighted by Crippen LogP contribution is -2.39. The number of nitrogens with two attached hydrogens (primary N) is 1. The standard InChI is InChI=1S/C27H38N6O3/c1-5-33(13-11-29-24(34)7-6-10-28)14-12-30-27(36)25-18(3)23(31-19(25)4)16-21-20-15-17(2)8-9-22(20)32-26(21)35/h8-9,15-16,31H,5-7,10-14,28H2,1-4H3,(H,29,34)(H,30,36)(H,32,35)/b21-16-. The van der Waals surface area contributed by atoms with E-state index in [1.54, 1.807) is 0 Å².